The number of hydrogen-bond donors (Lipinski definition) is 2. The third-order valence-electron chi connectivity index (χ3n) is 9.97. The van der Waals surface area contributed by atoms with E-state index in [1.165, 1.54) is 54.6 Å². The Balaban J connectivity index is 1.20. The average molecular weight is 640 g/mol. The molecule has 236 valence electrons. The normalized spacial score (nSPS) is 15.8. The van der Waals surface area contributed by atoms with E-state index in [1.54, 1.807) is 0 Å². The highest BCUT2D eigenvalue weighted by atomic mass is 15.2. The first-order valence-corrected chi connectivity index (χ1v) is 17.1. The van der Waals surface area contributed by atoms with Crippen LogP contribution in [-0.2, 0) is 0 Å². The van der Waals surface area contributed by atoms with Crippen molar-refractivity contribution in [2.24, 2.45) is 0 Å². The molecule has 3 nitrogen and oxygen atoms in total. The van der Waals surface area contributed by atoms with E-state index in [9.17, 15) is 5.26 Å². The Morgan fingerprint density at radius 3 is 2.06 bits per heavy atom. The molecule has 0 saturated heterocycles. The molecule has 9 rings (SSSR count). The molecule has 1 heterocycles. The van der Waals surface area contributed by atoms with Crippen molar-refractivity contribution in [2.45, 2.75) is 12.2 Å². The lowest BCUT2D eigenvalue weighted by atomic mass is 9.87. The highest BCUT2D eigenvalue weighted by molar-refractivity contribution is 6.20. The van der Waals surface area contributed by atoms with E-state index in [4.69, 9.17) is 0 Å². The molecule has 0 fully saturated rings. The molecule has 0 saturated carbocycles. The van der Waals surface area contributed by atoms with Crippen molar-refractivity contribution in [3.8, 4) is 28.3 Å². The van der Waals surface area contributed by atoms with Crippen LogP contribution < -0.4 is 10.6 Å². The summed E-state index contributed by atoms with van der Waals surface area (Å²) in [5.41, 5.74) is 9.91. The number of benzene rings is 8. The van der Waals surface area contributed by atoms with Crippen molar-refractivity contribution >= 4 is 38.0 Å². The van der Waals surface area contributed by atoms with Crippen LogP contribution >= 0.6 is 0 Å². The lowest BCUT2D eigenvalue weighted by molar-refractivity contribution is 0.443. The molecule has 0 spiro atoms. The quantitative estimate of drug-likeness (QED) is 0.145. The van der Waals surface area contributed by atoms with Gasteiger partial charge in [-0.3, -0.25) is 5.32 Å². The van der Waals surface area contributed by atoms with E-state index < -0.39 is 0 Å². The van der Waals surface area contributed by atoms with Gasteiger partial charge in [0.15, 0.2) is 0 Å². The predicted octanol–water partition coefficient (Wildman–Crippen LogP) is 11.3. The van der Waals surface area contributed by atoms with Gasteiger partial charge in [0.25, 0.3) is 0 Å². The summed E-state index contributed by atoms with van der Waals surface area (Å²) >= 11 is 0. The number of nitriles is 1. The molecule has 2 N–H and O–H groups in total. The maximum atomic E-state index is 9.32. The van der Waals surface area contributed by atoms with Gasteiger partial charge in [0, 0.05) is 5.70 Å². The molecule has 0 radical (unpaired) electrons. The molecule has 0 aliphatic carbocycles. The van der Waals surface area contributed by atoms with Crippen LogP contribution in [0.1, 0.15) is 34.5 Å². The summed E-state index contributed by atoms with van der Waals surface area (Å²) in [5.74, 6) is 0. The summed E-state index contributed by atoms with van der Waals surface area (Å²) < 4.78 is 0. The van der Waals surface area contributed by atoms with Crippen LogP contribution in [0.25, 0.3) is 60.3 Å². The van der Waals surface area contributed by atoms with Crippen molar-refractivity contribution in [2.75, 3.05) is 0 Å². The summed E-state index contributed by atoms with van der Waals surface area (Å²) in [5, 5.41) is 24.7. The van der Waals surface area contributed by atoms with Crippen molar-refractivity contribution in [3.63, 3.8) is 0 Å². The average Bonchev–Trinajstić information content (AvgIpc) is 3.20. The van der Waals surface area contributed by atoms with Gasteiger partial charge < -0.3 is 5.32 Å². The van der Waals surface area contributed by atoms with Crippen molar-refractivity contribution in [1.29, 1.82) is 5.26 Å². The fraction of sp³-hybridized carbons (Fsp3) is 0.0426. The number of nitrogens with zero attached hydrogens (tertiary/aromatic N) is 1. The number of nitrogens with one attached hydrogen (secondary N) is 2. The summed E-state index contributed by atoms with van der Waals surface area (Å²) in [6.45, 7) is 0. The van der Waals surface area contributed by atoms with Crippen LogP contribution in [0.3, 0.4) is 0 Å². The van der Waals surface area contributed by atoms with Crippen LogP contribution in [0.15, 0.2) is 176 Å². The number of fused-ring (bicyclic) bond motifs is 4. The van der Waals surface area contributed by atoms with E-state index in [0.717, 1.165) is 22.4 Å². The van der Waals surface area contributed by atoms with Gasteiger partial charge in [-0.25, -0.2) is 0 Å². The molecule has 1 aliphatic heterocycles. The standard InChI is InChI=1S/C47H33N3/c48-30-31-21-23-32(24-22-31)35-15-10-16-37(27-35)45-29-44(34-12-2-1-3-13-34)49-47(50-45)42-20-9-8-19-40(42)46-39-18-7-5-14-36(39)28-43-38-17-6-4-11-33(38)25-26-41(43)46/h1-29,45,47,49-50H. The van der Waals surface area contributed by atoms with Crippen LogP contribution in [0, 0.1) is 11.3 Å². The molecule has 1 aliphatic rings. The Bertz CT molecular complexity index is 2610. The molecule has 50 heavy (non-hydrogen) atoms. The molecular formula is C47H33N3. The highest BCUT2D eigenvalue weighted by Crippen LogP contribution is 2.42. The Kier molecular flexibility index (Phi) is 7.43. The third kappa shape index (κ3) is 5.29. The van der Waals surface area contributed by atoms with Gasteiger partial charge in [-0.2, -0.15) is 5.26 Å². The van der Waals surface area contributed by atoms with Crippen LogP contribution in [-0.4, -0.2) is 0 Å². The summed E-state index contributed by atoms with van der Waals surface area (Å²) in [7, 11) is 0. The smallest absolute Gasteiger partial charge is 0.105 e. The van der Waals surface area contributed by atoms with Gasteiger partial charge in [0.2, 0.25) is 0 Å². The number of hydrogen-bond acceptors (Lipinski definition) is 3. The summed E-state index contributed by atoms with van der Waals surface area (Å²) in [6, 6.07) is 62.4. The van der Waals surface area contributed by atoms with Crippen molar-refractivity contribution in [3.05, 3.63) is 198 Å². The van der Waals surface area contributed by atoms with Crippen molar-refractivity contribution < 1.29 is 0 Å². The fourth-order valence-electron chi connectivity index (χ4n) is 7.53. The van der Waals surface area contributed by atoms with E-state index in [0.29, 0.717) is 5.56 Å². The SMILES string of the molecule is N#Cc1ccc(-c2cccc(C3C=C(c4ccccc4)NC(c4ccccc4-c4c5ccccc5cc5c4ccc4ccccc45)N3)c2)cc1. The maximum Gasteiger partial charge on any atom is 0.105 e. The molecule has 3 heteroatoms. The second-order valence-electron chi connectivity index (χ2n) is 12.9. The Morgan fingerprint density at radius 2 is 1.22 bits per heavy atom. The second kappa shape index (κ2) is 12.5. The monoisotopic (exact) mass is 639 g/mol. The Hall–Kier alpha value is -6.47. The fourth-order valence-corrected chi connectivity index (χ4v) is 7.53. The second-order valence-corrected chi connectivity index (χ2v) is 12.9. The zero-order valence-electron chi connectivity index (χ0n) is 27.3. The minimum absolute atomic E-state index is 0.0592. The number of rotatable bonds is 5. The molecule has 2 atom stereocenters. The molecule has 8 aromatic carbocycles. The zero-order valence-corrected chi connectivity index (χ0v) is 27.3. The lowest BCUT2D eigenvalue weighted by Crippen LogP contribution is -2.39. The molecule has 8 aromatic rings. The summed E-state index contributed by atoms with van der Waals surface area (Å²) in [4.78, 5) is 0. The van der Waals surface area contributed by atoms with E-state index in [-0.39, 0.29) is 12.2 Å². The van der Waals surface area contributed by atoms with E-state index >= 15 is 0 Å². The Labute approximate surface area is 291 Å². The van der Waals surface area contributed by atoms with E-state index in [2.05, 4.69) is 168 Å². The zero-order chi connectivity index (χ0) is 33.4. The predicted molar refractivity (Wildman–Crippen MR) is 207 cm³/mol. The van der Waals surface area contributed by atoms with Gasteiger partial charge in [-0.15, -0.1) is 0 Å². The summed E-state index contributed by atoms with van der Waals surface area (Å²) in [6.07, 6.45) is 2.12. The highest BCUT2D eigenvalue weighted by Gasteiger charge is 2.27. The topological polar surface area (TPSA) is 47.9 Å². The first-order valence-electron chi connectivity index (χ1n) is 17.1. The maximum absolute atomic E-state index is 9.32. The minimum atomic E-state index is -0.176. The molecule has 0 amide bonds. The van der Waals surface area contributed by atoms with Gasteiger partial charge in [-0.1, -0.05) is 146 Å². The van der Waals surface area contributed by atoms with Gasteiger partial charge in [0.05, 0.1) is 17.7 Å². The van der Waals surface area contributed by atoms with Crippen LogP contribution in [0.5, 0.6) is 0 Å². The largest absolute Gasteiger partial charge is 0.366 e. The van der Waals surface area contributed by atoms with Gasteiger partial charge in [-0.05, 0) is 102 Å². The molecule has 2 unspecified atom stereocenters. The van der Waals surface area contributed by atoms with Crippen LogP contribution in [0.2, 0.25) is 0 Å². The third-order valence-corrected chi connectivity index (χ3v) is 9.97. The minimum Gasteiger partial charge on any atom is -0.366 e. The van der Waals surface area contributed by atoms with Crippen molar-refractivity contribution in [1.82, 2.24) is 10.6 Å². The first-order chi connectivity index (χ1) is 24.7. The Morgan fingerprint density at radius 1 is 0.500 bits per heavy atom. The molecular weight excluding hydrogens is 607 g/mol. The first kappa shape index (κ1) is 29.7. The van der Waals surface area contributed by atoms with Gasteiger partial charge in [0.1, 0.15) is 6.17 Å². The van der Waals surface area contributed by atoms with Crippen LogP contribution in [0.4, 0.5) is 0 Å². The lowest BCUT2D eigenvalue weighted by Gasteiger charge is -2.34. The van der Waals surface area contributed by atoms with E-state index in [1.807, 2.05) is 24.3 Å². The molecule has 0 aromatic heterocycles. The molecule has 0 bridgehead atoms. The van der Waals surface area contributed by atoms with Gasteiger partial charge >= 0.3 is 0 Å².